The van der Waals surface area contributed by atoms with Crippen molar-refractivity contribution in [1.29, 1.82) is 0 Å². The second-order valence-corrected chi connectivity index (χ2v) is 9.22. The molecule has 38 heavy (non-hydrogen) atoms. The molecule has 0 radical (unpaired) electrons. The molecule has 2 aliphatic rings. The number of anilines is 1. The van der Waals surface area contributed by atoms with Gasteiger partial charge in [-0.25, -0.2) is 0 Å². The summed E-state index contributed by atoms with van der Waals surface area (Å²) < 4.78 is 0. The smallest absolute Gasteiger partial charge is 0.0405 e. The number of allylic oxidation sites excluding steroid dienone is 8. The molecule has 1 atom stereocenters. The van der Waals surface area contributed by atoms with E-state index < -0.39 is 0 Å². The van der Waals surface area contributed by atoms with Crippen LogP contribution in [0.5, 0.6) is 0 Å². The molecule has 0 N–H and O–H groups in total. The Balaban J connectivity index is 0.000000956. The first-order valence-corrected chi connectivity index (χ1v) is 14.5. The van der Waals surface area contributed by atoms with E-state index in [0.29, 0.717) is 5.92 Å². The lowest BCUT2D eigenvalue weighted by molar-refractivity contribution is 0.706. The molecule has 198 valence electrons. The SMILES string of the molecule is CC.CC.CN(/C1=C/CC=CC(c2ccccc2C2=CC=CCC2)CC1)c1ccc(-c2ccccc2)cc1. The van der Waals surface area contributed by atoms with Gasteiger partial charge in [0, 0.05) is 24.4 Å². The van der Waals surface area contributed by atoms with E-state index in [-0.39, 0.29) is 0 Å². The van der Waals surface area contributed by atoms with Crippen LogP contribution in [0, 0.1) is 0 Å². The summed E-state index contributed by atoms with van der Waals surface area (Å²) in [6, 6.07) is 28.6. The molecule has 0 aromatic heterocycles. The molecule has 1 nitrogen and oxygen atoms in total. The Morgan fingerprint density at radius 3 is 2.11 bits per heavy atom. The van der Waals surface area contributed by atoms with Gasteiger partial charge in [-0.05, 0) is 72.1 Å². The van der Waals surface area contributed by atoms with Crippen molar-refractivity contribution in [2.24, 2.45) is 0 Å². The molecule has 0 heterocycles. The van der Waals surface area contributed by atoms with E-state index in [1.807, 2.05) is 27.7 Å². The van der Waals surface area contributed by atoms with E-state index in [1.54, 1.807) is 0 Å². The number of hydrogen-bond donors (Lipinski definition) is 0. The Kier molecular flexibility index (Phi) is 11.9. The van der Waals surface area contributed by atoms with E-state index in [2.05, 4.69) is 127 Å². The normalized spacial score (nSPS) is 17.8. The Labute approximate surface area is 231 Å². The lowest BCUT2D eigenvalue weighted by Crippen LogP contribution is -2.17. The summed E-state index contributed by atoms with van der Waals surface area (Å²) in [4.78, 5) is 2.37. The molecule has 0 saturated heterocycles. The van der Waals surface area contributed by atoms with Crippen molar-refractivity contribution in [3.05, 3.63) is 132 Å². The minimum absolute atomic E-state index is 0.445. The van der Waals surface area contributed by atoms with Crippen LogP contribution in [0.15, 0.2) is 121 Å². The molecule has 0 amide bonds. The van der Waals surface area contributed by atoms with Crippen LogP contribution < -0.4 is 4.90 Å². The quantitative estimate of drug-likeness (QED) is 0.313. The fraction of sp³-hybridized carbons (Fsp3) is 0.297. The van der Waals surface area contributed by atoms with Gasteiger partial charge in [-0.15, -0.1) is 0 Å². The van der Waals surface area contributed by atoms with Crippen molar-refractivity contribution < 1.29 is 0 Å². The zero-order valence-electron chi connectivity index (χ0n) is 24.0. The minimum Gasteiger partial charge on any atom is -0.348 e. The predicted octanol–water partition coefficient (Wildman–Crippen LogP) is 11.0. The van der Waals surface area contributed by atoms with Crippen molar-refractivity contribution in [1.82, 2.24) is 0 Å². The Bertz CT molecular complexity index is 1230. The van der Waals surface area contributed by atoms with Crippen molar-refractivity contribution in [3.8, 4) is 11.1 Å². The molecule has 2 aliphatic carbocycles. The van der Waals surface area contributed by atoms with Crippen LogP contribution in [0.2, 0.25) is 0 Å². The molecule has 0 bridgehead atoms. The largest absolute Gasteiger partial charge is 0.348 e. The fourth-order valence-electron chi connectivity index (χ4n) is 5.13. The van der Waals surface area contributed by atoms with Crippen LogP contribution in [-0.4, -0.2) is 7.05 Å². The molecule has 0 spiro atoms. The Hall–Kier alpha value is -3.58. The highest BCUT2D eigenvalue weighted by atomic mass is 15.1. The Morgan fingerprint density at radius 1 is 0.711 bits per heavy atom. The molecule has 0 aliphatic heterocycles. The second-order valence-electron chi connectivity index (χ2n) is 9.22. The van der Waals surface area contributed by atoms with Crippen LogP contribution in [0.1, 0.15) is 76.8 Å². The maximum Gasteiger partial charge on any atom is 0.0405 e. The van der Waals surface area contributed by atoms with Crippen molar-refractivity contribution in [3.63, 3.8) is 0 Å². The average Bonchev–Trinajstić information content (AvgIpc) is 3.00. The first-order valence-electron chi connectivity index (χ1n) is 14.5. The third-order valence-electron chi connectivity index (χ3n) is 7.08. The monoisotopic (exact) mass is 503 g/mol. The highest BCUT2D eigenvalue weighted by molar-refractivity contribution is 5.71. The van der Waals surface area contributed by atoms with E-state index in [1.165, 1.54) is 39.2 Å². The van der Waals surface area contributed by atoms with Gasteiger partial charge in [-0.3, -0.25) is 0 Å². The van der Waals surface area contributed by atoms with E-state index >= 15 is 0 Å². The fourth-order valence-corrected chi connectivity index (χ4v) is 5.13. The maximum atomic E-state index is 2.43. The Morgan fingerprint density at radius 2 is 1.39 bits per heavy atom. The zero-order chi connectivity index (χ0) is 27.2. The molecule has 1 unspecified atom stereocenters. The van der Waals surface area contributed by atoms with Crippen molar-refractivity contribution in [2.45, 2.75) is 65.7 Å². The van der Waals surface area contributed by atoms with Crippen molar-refractivity contribution >= 4 is 11.3 Å². The van der Waals surface area contributed by atoms with E-state index in [9.17, 15) is 0 Å². The van der Waals surface area contributed by atoms with E-state index in [0.717, 1.165) is 32.1 Å². The van der Waals surface area contributed by atoms with Gasteiger partial charge in [0.25, 0.3) is 0 Å². The van der Waals surface area contributed by atoms with Gasteiger partial charge in [0.15, 0.2) is 0 Å². The van der Waals surface area contributed by atoms with Gasteiger partial charge < -0.3 is 4.90 Å². The van der Waals surface area contributed by atoms with Gasteiger partial charge >= 0.3 is 0 Å². The number of nitrogens with zero attached hydrogens (tertiary/aromatic N) is 1. The summed E-state index contributed by atoms with van der Waals surface area (Å²) in [6.07, 6.45) is 19.4. The van der Waals surface area contributed by atoms with E-state index in [4.69, 9.17) is 0 Å². The van der Waals surface area contributed by atoms with Crippen LogP contribution in [0.3, 0.4) is 0 Å². The van der Waals surface area contributed by atoms with Gasteiger partial charge in [0.2, 0.25) is 0 Å². The summed E-state index contributed by atoms with van der Waals surface area (Å²) in [6.45, 7) is 8.00. The first-order chi connectivity index (χ1) is 18.8. The molecule has 3 aromatic carbocycles. The molecular formula is C37H45N. The van der Waals surface area contributed by atoms with Gasteiger partial charge in [0.1, 0.15) is 0 Å². The first kappa shape index (κ1) is 29.0. The average molecular weight is 504 g/mol. The van der Waals surface area contributed by atoms with Crippen LogP contribution in [-0.2, 0) is 0 Å². The molecule has 3 aromatic rings. The van der Waals surface area contributed by atoms with Gasteiger partial charge in [-0.2, -0.15) is 0 Å². The highest BCUT2D eigenvalue weighted by Crippen LogP contribution is 2.36. The lowest BCUT2D eigenvalue weighted by Gasteiger charge is -2.27. The van der Waals surface area contributed by atoms with Crippen molar-refractivity contribution in [2.75, 3.05) is 11.9 Å². The lowest BCUT2D eigenvalue weighted by atomic mass is 9.84. The third-order valence-corrected chi connectivity index (χ3v) is 7.08. The summed E-state index contributed by atoms with van der Waals surface area (Å²) in [5.41, 5.74) is 9.53. The minimum atomic E-state index is 0.445. The molecule has 1 heteroatoms. The van der Waals surface area contributed by atoms with Gasteiger partial charge in [0.05, 0.1) is 0 Å². The standard InChI is InChI=1S/C33H33N.2C2H6/c1-34(31-23-20-27(21-24-31)26-12-4-2-5-13-26)30-17-9-8-16-29(22-25-30)33-19-11-10-18-32(33)28-14-6-3-7-15-28;2*1-2/h2-6,8,10-14,16-21,23-24,29H,7,9,15,22,25H2,1H3;2*1-2H3/b16-8?,30-17+;;. The molecular weight excluding hydrogens is 458 g/mol. The number of rotatable bonds is 5. The summed E-state index contributed by atoms with van der Waals surface area (Å²) in [7, 11) is 2.21. The summed E-state index contributed by atoms with van der Waals surface area (Å²) >= 11 is 0. The number of hydrogen-bond acceptors (Lipinski definition) is 1. The third kappa shape index (κ3) is 7.48. The highest BCUT2D eigenvalue weighted by Gasteiger charge is 2.18. The van der Waals surface area contributed by atoms with Crippen LogP contribution in [0.25, 0.3) is 16.7 Å². The molecule has 0 saturated carbocycles. The molecule has 0 fully saturated rings. The topological polar surface area (TPSA) is 3.24 Å². The molecule has 5 rings (SSSR count). The maximum absolute atomic E-state index is 2.43. The summed E-state index contributed by atoms with van der Waals surface area (Å²) in [5.74, 6) is 0.445. The number of benzene rings is 3. The second kappa shape index (κ2) is 15.6. The predicted molar refractivity (Wildman–Crippen MR) is 170 cm³/mol. The summed E-state index contributed by atoms with van der Waals surface area (Å²) in [5, 5.41) is 0. The van der Waals surface area contributed by atoms with Crippen LogP contribution in [0.4, 0.5) is 5.69 Å². The van der Waals surface area contributed by atoms with Crippen LogP contribution >= 0.6 is 0 Å². The van der Waals surface area contributed by atoms with Gasteiger partial charge in [-0.1, -0.05) is 131 Å². The zero-order valence-corrected chi connectivity index (χ0v) is 24.0.